The number of sulfonamides is 1. The van der Waals surface area contributed by atoms with Gasteiger partial charge in [-0.2, -0.15) is 4.31 Å². The number of hydrogen-bond donors (Lipinski definition) is 1. The van der Waals surface area contributed by atoms with Gasteiger partial charge in [0.1, 0.15) is 10.7 Å². The van der Waals surface area contributed by atoms with Gasteiger partial charge < -0.3 is 14.8 Å². The Labute approximate surface area is 142 Å². The highest BCUT2D eigenvalue weighted by Crippen LogP contribution is 2.34. The van der Waals surface area contributed by atoms with Crippen molar-refractivity contribution in [3.05, 3.63) is 17.9 Å². The minimum absolute atomic E-state index is 0. The molecule has 6 nitrogen and oxygen atoms in total. The van der Waals surface area contributed by atoms with Crippen molar-refractivity contribution in [2.24, 2.45) is 0 Å². The Morgan fingerprint density at radius 3 is 2.35 bits per heavy atom. The van der Waals surface area contributed by atoms with Gasteiger partial charge in [-0.25, -0.2) is 12.8 Å². The molecule has 2 rings (SSSR count). The van der Waals surface area contributed by atoms with E-state index in [2.05, 4.69) is 5.32 Å². The molecule has 0 aliphatic carbocycles. The Bertz CT molecular complexity index is 656. The SMILES string of the molecule is COc1cc(F)c(S(=O)(=O)N2CCNC(C)C2C)cc1OC.Cl. The lowest BCUT2D eigenvalue weighted by Crippen LogP contribution is -2.57. The van der Waals surface area contributed by atoms with Crippen LogP contribution in [-0.2, 0) is 10.0 Å². The van der Waals surface area contributed by atoms with Gasteiger partial charge in [0.05, 0.1) is 14.2 Å². The van der Waals surface area contributed by atoms with Crippen LogP contribution in [0.5, 0.6) is 11.5 Å². The summed E-state index contributed by atoms with van der Waals surface area (Å²) in [5.41, 5.74) is 0. The number of benzene rings is 1. The minimum Gasteiger partial charge on any atom is -0.493 e. The predicted octanol–water partition coefficient (Wildman–Crippen LogP) is 1.64. The van der Waals surface area contributed by atoms with E-state index in [1.807, 2.05) is 6.92 Å². The van der Waals surface area contributed by atoms with Crippen LogP contribution in [0.3, 0.4) is 0 Å². The highest BCUT2D eigenvalue weighted by Gasteiger charge is 2.36. The quantitative estimate of drug-likeness (QED) is 0.875. The predicted molar refractivity (Wildman–Crippen MR) is 87.6 cm³/mol. The number of nitrogens with one attached hydrogen (secondary N) is 1. The molecule has 132 valence electrons. The van der Waals surface area contributed by atoms with Gasteiger partial charge in [-0.05, 0) is 13.8 Å². The lowest BCUT2D eigenvalue weighted by Gasteiger charge is -2.37. The summed E-state index contributed by atoms with van der Waals surface area (Å²) in [6.45, 7) is 4.52. The molecule has 1 aliphatic heterocycles. The number of hydrogen-bond acceptors (Lipinski definition) is 5. The fourth-order valence-electron chi connectivity index (χ4n) is 2.52. The molecule has 0 radical (unpaired) electrons. The van der Waals surface area contributed by atoms with Crippen molar-refractivity contribution in [2.45, 2.75) is 30.8 Å². The summed E-state index contributed by atoms with van der Waals surface area (Å²) in [6, 6.07) is 1.92. The van der Waals surface area contributed by atoms with Crippen LogP contribution < -0.4 is 14.8 Å². The van der Waals surface area contributed by atoms with Crippen molar-refractivity contribution >= 4 is 22.4 Å². The van der Waals surface area contributed by atoms with Crippen LogP contribution in [0.25, 0.3) is 0 Å². The monoisotopic (exact) mass is 368 g/mol. The van der Waals surface area contributed by atoms with Crippen molar-refractivity contribution in [1.29, 1.82) is 0 Å². The normalized spacial score (nSPS) is 22.3. The molecule has 1 fully saturated rings. The van der Waals surface area contributed by atoms with Gasteiger partial charge in [0.2, 0.25) is 10.0 Å². The zero-order valence-corrected chi connectivity index (χ0v) is 15.1. The van der Waals surface area contributed by atoms with E-state index in [9.17, 15) is 12.8 Å². The molecular formula is C14H22ClFN2O4S. The van der Waals surface area contributed by atoms with Gasteiger partial charge in [0.25, 0.3) is 0 Å². The Morgan fingerprint density at radius 2 is 1.78 bits per heavy atom. The fraction of sp³-hybridized carbons (Fsp3) is 0.571. The summed E-state index contributed by atoms with van der Waals surface area (Å²) in [7, 11) is -1.21. The summed E-state index contributed by atoms with van der Waals surface area (Å²) in [5.74, 6) is -0.518. The van der Waals surface area contributed by atoms with E-state index in [1.165, 1.54) is 24.6 Å². The third-order valence-corrected chi connectivity index (χ3v) is 6.00. The highest BCUT2D eigenvalue weighted by atomic mass is 35.5. The minimum atomic E-state index is -3.95. The first-order chi connectivity index (χ1) is 10.3. The van der Waals surface area contributed by atoms with E-state index in [1.54, 1.807) is 6.92 Å². The van der Waals surface area contributed by atoms with Crippen LogP contribution in [0.15, 0.2) is 17.0 Å². The average molecular weight is 369 g/mol. The Balaban J connectivity index is 0.00000264. The van der Waals surface area contributed by atoms with Crippen molar-refractivity contribution in [2.75, 3.05) is 27.3 Å². The number of piperazine rings is 1. The molecule has 2 atom stereocenters. The molecular weight excluding hydrogens is 347 g/mol. The topological polar surface area (TPSA) is 67.9 Å². The standard InChI is InChI=1S/C14H21FN2O4S.ClH/c1-9-10(2)17(6-5-16-9)22(18,19)14-8-13(21-4)12(20-3)7-11(14)15;/h7-10,16H,5-6H2,1-4H3;1H. The van der Waals surface area contributed by atoms with Crippen LogP contribution in [0.2, 0.25) is 0 Å². The molecule has 1 aliphatic rings. The Hall–Kier alpha value is -1.09. The van der Waals surface area contributed by atoms with Gasteiger partial charge in [0.15, 0.2) is 11.5 Å². The summed E-state index contributed by atoms with van der Waals surface area (Å²) in [6.07, 6.45) is 0. The second kappa shape index (κ2) is 7.65. The van der Waals surface area contributed by atoms with Crippen LogP contribution in [0, 0.1) is 5.82 Å². The molecule has 0 saturated carbocycles. The molecule has 1 aromatic rings. The molecule has 1 N–H and O–H groups in total. The van der Waals surface area contributed by atoms with E-state index >= 15 is 0 Å². The van der Waals surface area contributed by atoms with Crippen LogP contribution >= 0.6 is 12.4 Å². The second-order valence-electron chi connectivity index (χ2n) is 5.24. The van der Waals surface area contributed by atoms with E-state index < -0.39 is 20.7 Å². The van der Waals surface area contributed by atoms with Gasteiger partial charge in [-0.3, -0.25) is 0 Å². The van der Waals surface area contributed by atoms with Gasteiger partial charge >= 0.3 is 0 Å². The van der Waals surface area contributed by atoms with E-state index in [4.69, 9.17) is 9.47 Å². The maximum atomic E-state index is 14.3. The maximum absolute atomic E-state index is 14.3. The van der Waals surface area contributed by atoms with Crippen LogP contribution in [0.4, 0.5) is 4.39 Å². The average Bonchev–Trinajstić information content (AvgIpc) is 2.49. The molecule has 0 bridgehead atoms. The van der Waals surface area contributed by atoms with Gasteiger partial charge in [-0.15, -0.1) is 12.4 Å². The first-order valence-electron chi connectivity index (χ1n) is 6.99. The molecule has 0 aromatic heterocycles. The van der Waals surface area contributed by atoms with Gasteiger partial charge in [-0.1, -0.05) is 0 Å². The number of ether oxygens (including phenoxy) is 2. The van der Waals surface area contributed by atoms with E-state index in [0.29, 0.717) is 13.1 Å². The van der Waals surface area contributed by atoms with Crippen LogP contribution in [0.1, 0.15) is 13.8 Å². The zero-order chi connectivity index (χ0) is 16.5. The zero-order valence-electron chi connectivity index (χ0n) is 13.5. The summed E-state index contributed by atoms with van der Waals surface area (Å²) < 4.78 is 51.2. The molecule has 1 saturated heterocycles. The van der Waals surface area contributed by atoms with Crippen molar-refractivity contribution in [3.63, 3.8) is 0 Å². The lowest BCUT2D eigenvalue weighted by molar-refractivity contribution is 0.232. The van der Waals surface area contributed by atoms with Crippen LogP contribution in [-0.4, -0.2) is 52.1 Å². The first kappa shape index (κ1) is 20.0. The largest absolute Gasteiger partial charge is 0.493 e. The van der Waals surface area contributed by atoms with Crippen molar-refractivity contribution < 1.29 is 22.3 Å². The Morgan fingerprint density at radius 1 is 1.22 bits per heavy atom. The van der Waals surface area contributed by atoms with Crippen molar-refractivity contribution in [3.8, 4) is 11.5 Å². The van der Waals surface area contributed by atoms with Gasteiger partial charge in [0, 0.05) is 37.3 Å². The number of nitrogens with zero attached hydrogens (tertiary/aromatic N) is 1. The molecule has 0 spiro atoms. The third kappa shape index (κ3) is 3.71. The summed E-state index contributed by atoms with van der Waals surface area (Å²) in [5, 5.41) is 3.20. The maximum Gasteiger partial charge on any atom is 0.246 e. The highest BCUT2D eigenvalue weighted by molar-refractivity contribution is 7.89. The van der Waals surface area contributed by atoms with Crippen molar-refractivity contribution in [1.82, 2.24) is 9.62 Å². The molecule has 23 heavy (non-hydrogen) atoms. The third-order valence-electron chi connectivity index (χ3n) is 4.00. The fourth-order valence-corrected chi connectivity index (χ4v) is 4.29. The Kier molecular flexibility index (Phi) is 6.64. The summed E-state index contributed by atoms with van der Waals surface area (Å²) in [4.78, 5) is -0.397. The number of rotatable bonds is 4. The number of halogens is 2. The number of methoxy groups -OCH3 is 2. The lowest BCUT2D eigenvalue weighted by atomic mass is 10.1. The van der Waals surface area contributed by atoms with E-state index in [0.717, 1.165) is 6.07 Å². The molecule has 9 heteroatoms. The van der Waals surface area contributed by atoms with E-state index in [-0.39, 0.29) is 36.0 Å². The first-order valence-corrected chi connectivity index (χ1v) is 8.43. The molecule has 1 aromatic carbocycles. The summed E-state index contributed by atoms with van der Waals surface area (Å²) >= 11 is 0. The molecule has 0 amide bonds. The second-order valence-corrected chi connectivity index (χ2v) is 7.10. The molecule has 1 heterocycles. The molecule has 2 unspecified atom stereocenters. The smallest absolute Gasteiger partial charge is 0.246 e.